The lowest BCUT2D eigenvalue weighted by atomic mass is 9.90. The van der Waals surface area contributed by atoms with Crippen LogP contribution >= 0.6 is 0 Å². The maximum atomic E-state index is 14.3. The summed E-state index contributed by atoms with van der Waals surface area (Å²) in [6.07, 6.45) is -15.5. The number of aliphatic hydroxyl groups is 3. The molecule has 1 aromatic heterocycles. The van der Waals surface area contributed by atoms with Gasteiger partial charge in [-0.1, -0.05) is 0 Å². The fourth-order valence-electron chi connectivity index (χ4n) is 3.97. The van der Waals surface area contributed by atoms with E-state index in [1.165, 1.54) is 0 Å². The van der Waals surface area contributed by atoms with E-state index >= 15 is 0 Å². The van der Waals surface area contributed by atoms with Gasteiger partial charge < -0.3 is 24.8 Å². The van der Waals surface area contributed by atoms with E-state index in [1.807, 2.05) is 0 Å². The normalized spacial score (nSPS) is 23.1. The molecule has 5 atom stereocenters. The van der Waals surface area contributed by atoms with Crippen molar-refractivity contribution in [2.24, 2.45) is 0 Å². The van der Waals surface area contributed by atoms with Crippen LogP contribution in [0, 0.1) is 0 Å². The molecule has 0 bridgehead atoms. The van der Waals surface area contributed by atoms with Gasteiger partial charge in [-0.2, -0.15) is 74.6 Å². The number of nitrogens with zero attached hydrogens (tertiary/aromatic N) is 1. The van der Waals surface area contributed by atoms with E-state index in [9.17, 15) is 99.5 Å². The Labute approximate surface area is 253 Å². The average Bonchev–Trinajstić information content (AvgIpc) is 3.25. The first-order chi connectivity index (χ1) is 21.4. The van der Waals surface area contributed by atoms with Crippen molar-refractivity contribution in [1.82, 2.24) is 14.9 Å². The molecule has 48 heavy (non-hydrogen) atoms. The highest BCUT2D eigenvalue weighted by molar-refractivity contribution is 5.15. The number of nitrogens with one attached hydrogen (secondary N) is 2. The minimum Gasteiger partial charge on any atom is -0.395 e. The van der Waals surface area contributed by atoms with Crippen molar-refractivity contribution in [2.45, 2.75) is 84.8 Å². The first kappa shape index (κ1) is 41.4. The molecule has 0 amide bonds. The minimum absolute atomic E-state index is 0.105. The zero-order valence-corrected chi connectivity index (χ0v) is 22.7. The number of ether oxygens (including phenoxy) is 2. The Hall–Kier alpha value is -2.75. The van der Waals surface area contributed by atoms with E-state index in [-0.39, 0.29) is 5.32 Å². The van der Waals surface area contributed by atoms with Gasteiger partial charge >= 0.3 is 53.4 Å². The highest BCUT2D eigenvalue weighted by Crippen LogP contribution is 2.63. The Morgan fingerprint density at radius 3 is 1.73 bits per heavy atom. The Morgan fingerprint density at radius 2 is 1.29 bits per heavy atom. The summed E-state index contributed by atoms with van der Waals surface area (Å²) in [6, 6.07) is -8.99. The Kier molecular flexibility index (Phi) is 11.4. The number of aromatic amines is 1. The van der Waals surface area contributed by atoms with Crippen LogP contribution in [0.3, 0.4) is 0 Å². The number of rotatable bonds is 15. The van der Waals surface area contributed by atoms with Gasteiger partial charge in [0.25, 0.3) is 5.56 Å². The molecule has 0 aliphatic carbocycles. The first-order valence-corrected chi connectivity index (χ1v) is 12.4. The van der Waals surface area contributed by atoms with Crippen molar-refractivity contribution in [3.8, 4) is 0 Å². The third-order valence-corrected chi connectivity index (χ3v) is 6.72. The summed E-state index contributed by atoms with van der Waals surface area (Å²) in [6.45, 7) is -4.02. The van der Waals surface area contributed by atoms with Crippen molar-refractivity contribution in [2.75, 3.05) is 19.8 Å². The largest absolute Gasteiger partial charge is 0.460 e. The molecule has 0 aromatic carbocycles. The molecule has 1 saturated heterocycles. The molecule has 1 fully saturated rings. The maximum Gasteiger partial charge on any atom is 0.460 e. The number of alkyl halides is 17. The molecular weight excluding hydrogens is 729 g/mol. The lowest BCUT2D eigenvalue weighted by Crippen LogP contribution is -2.76. The number of halogens is 17. The van der Waals surface area contributed by atoms with Crippen LogP contribution in [-0.4, -0.2) is 117 Å². The van der Waals surface area contributed by atoms with Crippen molar-refractivity contribution >= 4 is 0 Å². The summed E-state index contributed by atoms with van der Waals surface area (Å²) in [5.41, 5.74) is -2.16. The van der Waals surface area contributed by atoms with Gasteiger partial charge in [-0.3, -0.25) is 14.3 Å². The van der Waals surface area contributed by atoms with Gasteiger partial charge in [0.2, 0.25) is 0 Å². The summed E-state index contributed by atoms with van der Waals surface area (Å²) in [5.74, 6) is -51.1. The molecule has 0 radical (unpaired) electrons. The first-order valence-electron chi connectivity index (χ1n) is 12.4. The van der Waals surface area contributed by atoms with Crippen LogP contribution in [0.5, 0.6) is 0 Å². The van der Waals surface area contributed by atoms with Gasteiger partial charge in [0.1, 0.15) is 18.3 Å². The van der Waals surface area contributed by atoms with Gasteiger partial charge in [0, 0.05) is 24.9 Å². The quantitative estimate of drug-likeness (QED) is 0.136. The predicted octanol–water partition coefficient (Wildman–Crippen LogP) is 2.48. The van der Waals surface area contributed by atoms with Crippen LogP contribution in [-0.2, 0) is 9.47 Å². The number of aliphatic hydroxyl groups excluding tert-OH is 3. The van der Waals surface area contributed by atoms with Gasteiger partial charge in [-0.25, -0.2) is 10.1 Å². The van der Waals surface area contributed by atoms with Gasteiger partial charge in [-0.15, -0.1) is 0 Å². The third-order valence-electron chi connectivity index (χ3n) is 6.72. The molecule has 5 N–H and O–H groups in total. The Morgan fingerprint density at radius 1 is 0.812 bits per heavy atom. The zero-order valence-electron chi connectivity index (χ0n) is 22.7. The SMILES string of the molecule is O=c1ccn(C2OC(CO)C(O)C2OCC[C@@H](CO)NC(F)(F)C(F)(F)C(F)(F)C(F)(F)C(F)(F)C(F)(F)C(F)(F)C(F)(F)F)c(=O)[nH]1. The Bertz CT molecular complexity index is 1380. The van der Waals surface area contributed by atoms with Crippen LogP contribution in [0.25, 0.3) is 0 Å². The molecule has 1 aromatic rings. The molecule has 1 aliphatic heterocycles. The smallest absolute Gasteiger partial charge is 0.395 e. The van der Waals surface area contributed by atoms with Gasteiger partial charge in [-0.05, 0) is 6.42 Å². The zero-order chi connectivity index (χ0) is 37.7. The van der Waals surface area contributed by atoms with Crippen molar-refractivity contribution in [3.05, 3.63) is 33.1 Å². The van der Waals surface area contributed by atoms with Crippen LogP contribution in [0.15, 0.2) is 21.9 Å². The number of hydrogen-bond donors (Lipinski definition) is 5. The van der Waals surface area contributed by atoms with Crippen molar-refractivity contribution < 1.29 is 99.4 Å². The van der Waals surface area contributed by atoms with E-state index in [2.05, 4.69) is 0 Å². The van der Waals surface area contributed by atoms with E-state index in [4.69, 9.17) is 9.47 Å². The highest BCUT2D eigenvalue weighted by atomic mass is 19.4. The fraction of sp³-hybridized carbons (Fsp3) is 0.810. The summed E-state index contributed by atoms with van der Waals surface area (Å²) < 4.78 is 240. The van der Waals surface area contributed by atoms with Crippen LogP contribution < -0.4 is 16.6 Å². The van der Waals surface area contributed by atoms with E-state index < -0.39 is 116 Å². The summed E-state index contributed by atoms with van der Waals surface area (Å²) in [4.78, 5) is 25.1. The van der Waals surface area contributed by atoms with E-state index in [0.717, 1.165) is 12.3 Å². The molecule has 2 heterocycles. The molecule has 10 nitrogen and oxygen atoms in total. The lowest BCUT2D eigenvalue weighted by Gasteiger charge is -2.43. The van der Waals surface area contributed by atoms with Gasteiger partial charge in [0.15, 0.2) is 6.23 Å². The molecular formula is C21H20F17N3O7. The van der Waals surface area contributed by atoms with Crippen LogP contribution in [0.1, 0.15) is 12.6 Å². The number of hydrogen-bond acceptors (Lipinski definition) is 8. The van der Waals surface area contributed by atoms with Gasteiger partial charge in [0.05, 0.1) is 13.2 Å². The van der Waals surface area contributed by atoms with E-state index in [0.29, 0.717) is 4.57 Å². The Balaban J connectivity index is 2.32. The molecule has 27 heteroatoms. The second-order valence-electron chi connectivity index (χ2n) is 9.92. The predicted molar refractivity (Wildman–Crippen MR) is 117 cm³/mol. The second kappa shape index (κ2) is 13.2. The van der Waals surface area contributed by atoms with Crippen molar-refractivity contribution in [3.63, 3.8) is 0 Å². The van der Waals surface area contributed by atoms with Crippen LogP contribution in [0.2, 0.25) is 0 Å². The summed E-state index contributed by atoms with van der Waals surface area (Å²) in [5, 5.41) is 28.9. The molecule has 280 valence electrons. The summed E-state index contributed by atoms with van der Waals surface area (Å²) in [7, 11) is 0. The monoisotopic (exact) mass is 749 g/mol. The fourth-order valence-corrected chi connectivity index (χ4v) is 3.97. The average molecular weight is 749 g/mol. The molecule has 2 rings (SSSR count). The number of aromatic nitrogens is 2. The lowest BCUT2D eigenvalue weighted by molar-refractivity contribution is -0.463. The standard InChI is InChI=1S/C21H20F17N3O7/c22-14(23,16(26,27)18(30,31)20(34,35)36)15(24,25)17(28,29)19(32,33)21(37,38)40-7(5-42)2-4-47-11-10(45)8(6-43)48-12(11)41-3-1-9(44)39-13(41)46/h1,3,7-8,10-12,40,42-43,45H,2,4-6H2,(H,39,44,46)/t7-,8?,10?,11?,12?/m0/s1. The van der Waals surface area contributed by atoms with E-state index in [1.54, 1.807) is 4.98 Å². The molecule has 0 spiro atoms. The topological polar surface area (TPSA) is 146 Å². The molecule has 1 aliphatic rings. The number of H-pyrrole nitrogens is 1. The second-order valence-corrected chi connectivity index (χ2v) is 9.92. The summed E-state index contributed by atoms with van der Waals surface area (Å²) >= 11 is 0. The maximum absolute atomic E-state index is 14.3. The minimum atomic E-state index is -8.80. The highest BCUT2D eigenvalue weighted by Gasteiger charge is 2.95. The van der Waals surface area contributed by atoms with Crippen LogP contribution in [0.4, 0.5) is 74.6 Å². The molecule has 4 unspecified atom stereocenters. The van der Waals surface area contributed by atoms with Crippen molar-refractivity contribution in [1.29, 1.82) is 0 Å². The molecule has 0 saturated carbocycles. The third kappa shape index (κ3) is 6.59.